The Labute approximate surface area is 125 Å². The van der Waals surface area contributed by atoms with Gasteiger partial charge in [-0.1, -0.05) is 19.1 Å². The van der Waals surface area contributed by atoms with Crippen LogP contribution in [0.25, 0.3) is 0 Å². The highest BCUT2D eigenvalue weighted by Crippen LogP contribution is 2.20. The molecule has 1 N–H and O–H groups in total. The molecule has 0 aliphatic rings. The van der Waals surface area contributed by atoms with Crippen LogP contribution in [0.2, 0.25) is 0 Å². The molecule has 1 aromatic heterocycles. The quantitative estimate of drug-likeness (QED) is 0.787. The van der Waals surface area contributed by atoms with Gasteiger partial charge in [0.15, 0.2) is 0 Å². The highest BCUT2D eigenvalue weighted by atomic mass is 32.1. The maximum absolute atomic E-state index is 5.87. The zero-order valence-electron chi connectivity index (χ0n) is 12.4. The lowest BCUT2D eigenvalue weighted by Gasteiger charge is -2.08. The summed E-state index contributed by atoms with van der Waals surface area (Å²) >= 11 is 1.69. The second-order valence-corrected chi connectivity index (χ2v) is 5.91. The summed E-state index contributed by atoms with van der Waals surface area (Å²) in [6, 6.07) is 6.26. The molecule has 0 radical (unpaired) electrons. The third-order valence-electron chi connectivity index (χ3n) is 3.02. The average Bonchev–Trinajstić information content (AvgIpc) is 2.88. The Kier molecular flexibility index (Phi) is 5.56. The van der Waals surface area contributed by atoms with Crippen molar-refractivity contribution in [2.24, 2.45) is 0 Å². The smallest absolute Gasteiger partial charge is 0.131 e. The first-order valence-electron chi connectivity index (χ1n) is 7.03. The Balaban J connectivity index is 1.89. The third-order valence-corrected chi connectivity index (χ3v) is 3.92. The first kappa shape index (κ1) is 15.0. The maximum atomic E-state index is 5.87. The number of rotatable bonds is 7. The molecule has 108 valence electrons. The van der Waals surface area contributed by atoms with E-state index in [2.05, 4.69) is 54.7 Å². The van der Waals surface area contributed by atoms with Gasteiger partial charge in [-0.2, -0.15) is 0 Å². The van der Waals surface area contributed by atoms with Gasteiger partial charge in [0.1, 0.15) is 17.4 Å². The van der Waals surface area contributed by atoms with Gasteiger partial charge < -0.3 is 10.1 Å². The zero-order valence-corrected chi connectivity index (χ0v) is 13.2. The van der Waals surface area contributed by atoms with Gasteiger partial charge in [-0.25, -0.2) is 4.98 Å². The van der Waals surface area contributed by atoms with E-state index < -0.39 is 0 Å². The molecule has 0 aliphatic carbocycles. The summed E-state index contributed by atoms with van der Waals surface area (Å²) in [5.74, 6) is 0.948. The predicted molar refractivity (Wildman–Crippen MR) is 84.4 cm³/mol. The zero-order chi connectivity index (χ0) is 14.4. The Hall–Kier alpha value is -1.39. The van der Waals surface area contributed by atoms with Crippen molar-refractivity contribution in [3.05, 3.63) is 45.4 Å². The summed E-state index contributed by atoms with van der Waals surface area (Å²) < 4.78 is 5.87. The van der Waals surface area contributed by atoms with Crippen molar-refractivity contribution >= 4 is 11.3 Å². The van der Waals surface area contributed by atoms with Crippen LogP contribution in [0.1, 0.15) is 35.2 Å². The van der Waals surface area contributed by atoms with Crippen LogP contribution in [0.5, 0.6) is 5.75 Å². The van der Waals surface area contributed by atoms with E-state index >= 15 is 0 Å². The molecular weight excluding hydrogens is 268 g/mol. The second-order valence-electron chi connectivity index (χ2n) is 4.97. The van der Waals surface area contributed by atoms with E-state index in [9.17, 15) is 0 Å². The fourth-order valence-corrected chi connectivity index (χ4v) is 2.63. The van der Waals surface area contributed by atoms with Crippen LogP contribution in [0.3, 0.4) is 0 Å². The first-order chi connectivity index (χ1) is 9.69. The van der Waals surface area contributed by atoms with Crippen LogP contribution in [-0.4, -0.2) is 11.5 Å². The molecule has 0 unspecified atom stereocenters. The minimum atomic E-state index is 0.536. The molecule has 0 aliphatic heterocycles. The maximum Gasteiger partial charge on any atom is 0.131 e. The van der Waals surface area contributed by atoms with E-state index in [0.717, 1.165) is 41.5 Å². The molecular formula is C16H22N2OS. The van der Waals surface area contributed by atoms with Crippen LogP contribution in [-0.2, 0) is 13.2 Å². The lowest BCUT2D eigenvalue weighted by Crippen LogP contribution is -2.13. The predicted octanol–water partition coefficient (Wildman–Crippen LogP) is 3.84. The number of thiazole rings is 1. The van der Waals surface area contributed by atoms with E-state index in [1.54, 1.807) is 11.3 Å². The fourth-order valence-electron chi connectivity index (χ4n) is 1.88. The molecule has 2 rings (SSSR count). The number of ether oxygens (including phenoxy) is 1. The molecule has 0 bridgehead atoms. The molecule has 0 amide bonds. The summed E-state index contributed by atoms with van der Waals surface area (Å²) in [7, 11) is 0. The summed E-state index contributed by atoms with van der Waals surface area (Å²) in [6.07, 6.45) is 1.15. The molecule has 0 spiro atoms. The molecule has 3 nitrogen and oxygen atoms in total. The monoisotopic (exact) mass is 290 g/mol. The molecule has 0 saturated carbocycles. The summed E-state index contributed by atoms with van der Waals surface area (Å²) in [5, 5.41) is 6.56. The van der Waals surface area contributed by atoms with Gasteiger partial charge in [0.25, 0.3) is 0 Å². The van der Waals surface area contributed by atoms with Gasteiger partial charge >= 0.3 is 0 Å². The normalized spacial score (nSPS) is 10.8. The summed E-state index contributed by atoms with van der Waals surface area (Å²) in [4.78, 5) is 4.58. The SMILES string of the molecule is CCCNCc1nc(COc2cc(C)ccc2C)cs1. The number of hydrogen-bond donors (Lipinski definition) is 1. The number of aryl methyl sites for hydroxylation is 2. The summed E-state index contributed by atoms with van der Waals surface area (Å²) in [6.45, 7) is 8.73. The Morgan fingerprint density at radius 1 is 1.30 bits per heavy atom. The highest BCUT2D eigenvalue weighted by molar-refractivity contribution is 7.09. The average molecular weight is 290 g/mol. The van der Waals surface area contributed by atoms with Crippen LogP contribution in [0, 0.1) is 13.8 Å². The number of nitrogens with one attached hydrogen (secondary N) is 1. The molecule has 1 aromatic carbocycles. The Bertz CT molecular complexity index is 551. The molecule has 2 aromatic rings. The Morgan fingerprint density at radius 2 is 2.15 bits per heavy atom. The third kappa shape index (κ3) is 4.32. The molecule has 4 heteroatoms. The Morgan fingerprint density at radius 3 is 2.95 bits per heavy atom. The molecule has 1 heterocycles. The molecule has 0 atom stereocenters. The van der Waals surface area contributed by atoms with Gasteiger partial charge in [-0.05, 0) is 44.0 Å². The number of hydrogen-bond acceptors (Lipinski definition) is 4. The van der Waals surface area contributed by atoms with Gasteiger partial charge in [-0.3, -0.25) is 0 Å². The van der Waals surface area contributed by atoms with E-state index in [4.69, 9.17) is 4.74 Å². The van der Waals surface area contributed by atoms with Crippen molar-refractivity contribution in [2.75, 3.05) is 6.54 Å². The van der Waals surface area contributed by atoms with Crippen molar-refractivity contribution in [3.8, 4) is 5.75 Å². The lowest BCUT2D eigenvalue weighted by atomic mass is 10.1. The van der Waals surface area contributed by atoms with Crippen LogP contribution < -0.4 is 10.1 Å². The van der Waals surface area contributed by atoms with Gasteiger partial charge in [0.05, 0.1) is 5.69 Å². The van der Waals surface area contributed by atoms with Crippen molar-refractivity contribution in [1.29, 1.82) is 0 Å². The van der Waals surface area contributed by atoms with Crippen molar-refractivity contribution in [3.63, 3.8) is 0 Å². The minimum Gasteiger partial charge on any atom is -0.487 e. The number of benzene rings is 1. The molecule has 0 fully saturated rings. The van der Waals surface area contributed by atoms with E-state index in [0.29, 0.717) is 6.61 Å². The van der Waals surface area contributed by atoms with Crippen molar-refractivity contribution in [1.82, 2.24) is 10.3 Å². The van der Waals surface area contributed by atoms with E-state index in [1.807, 2.05) is 0 Å². The first-order valence-corrected chi connectivity index (χ1v) is 7.91. The fraction of sp³-hybridized carbons (Fsp3) is 0.438. The standard InChI is InChI=1S/C16H22N2OS/c1-4-7-17-9-16-18-14(11-20-16)10-19-15-8-12(2)5-6-13(15)3/h5-6,8,11,17H,4,7,9-10H2,1-3H3. The topological polar surface area (TPSA) is 34.2 Å². The summed E-state index contributed by atoms with van der Waals surface area (Å²) in [5.41, 5.74) is 3.38. The largest absolute Gasteiger partial charge is 0.487 e. The van der Waals surface area contributed by atoms with Gasteiger partial charge in [-0.15, -0.1) is 11.3 Å². The van der Waals surface area contributed by atoms with Crippen LogP contribution >= 0.6 is 11.3 Å². The highest BCUT2D eigenvalue weighted by Gasteiger charge is 2.04. The second kappa shape index (κ2) is 7.41. The molecule has 20 heavy (non-hydrogen) atoms. The van der Waals surface area contributed by atoms with Crippen LogP contribution in [0.4, 0.5) is 0 Å². The van der Waals surface area contributed by atoms with Crippen molar-refractivity contribution in [2.45, 2.75) is 40.3 Å². The van der Waals surface area contributed by atoms with E-state index in [-0.39, 0.29) is 0 Å². The number of aromatic nitrogens is 1. The number of nitrogens with zero attached hydrogens (tertiary/aromatic N) is 1. The van der Waals surface area contributed by atoms with Gasteiger partial charge in [0.2, 0.25) is 0 Å². The minimum absolute atomic E-state index is 0.536. The lowest BCUT2D eigenvalue weighted by molar-refractivity contribution is 0.299. The molecule has 0 saturated heterocycles. The van der Waals surface area contributed by atoms with Crippen LogP contribution in [0.15, 0.2) is 23.6 Å². The van der Waals surface area contributed by atoms with Crippen molar-refractivity contribution < 1.29 is 4.74 Å². The van der Waals surface area contributed by atoms with E-state index in [1.165, 1.54) is 5.56 Å². The van der Waals surface area contributed by atoms with Gasteiger partial charge in [0, 0.05) is 11.9 Å².